The molecule has 84 valence electrons. The summed E-state index contributed by atoms with van der Waals surface area (Å²) in [6.45, 7) is 1.83. The van der Waals surface area contributed by atoms with Gasteiger partial charge in [-0.1, -0.05) is 12.8 Å². The molecular formula is C10H21NO3. The summed E-state index contributed by atoms with van der Waals surface area (Å²) in [5.74, 6) is 0. The lowest BCUT2D eigenvalue weighted by atomic mass is 9.93. The summed E-state index contributed by atoms with van der Waals surface area (Å²) in [4.78, 5) is 0. The molecule has 0 unspecified atom stereocenters. The maximum atomic E-state index is 9.63. The molecule has 1 aliphatic carbocycles. The largest absolute Gasteiger partial charge is 0.394 e. The van der Waals surface area contributed by atoms with Crippen LogP contribution in [0.4, 0.5) is 0 Å². The van der Waals surface area contributed by atoms with E-state index in [1.54, 1.807) is 0 Å². The van der Waals surface area contributed by atoms with Gasteiger partial charge in [0.15, 0.2) is 0 Å². The highest BCUT2D eigenvalue weighted by molar-refractivity contribution is 4.79. The van der Waals surface area contributed by atoms with Crippen molar-refractivity contribution in [1.82, 2.24) is 5.32 Å². The SMILES string of the molecule is OCCOCCN[C@H]1CCCC[C@@H]1O. The van der Waals surface area contributed by atoms with Crippen molar-refractivity contribution in [3.05, 3.63) is 0 Å². The number of nitrogens with one attached hydrogen (secondary N) is 1. The molecule has 0 aromatic rings. The van der Waals surface area contributed by atoms with Gasteiger partial charge in [-0.2, -0.15) is 0 Å². The number of aliphatic hydroxyl groups is 2. The summed E-state index contributed by atoms with van der Waals surface area (Å²) in [5.41, 5.74) is 0. The van der Waals surface area contributed by atoms with E-state index in [1.165, 1.54) is 6.42 Å². The van der Waals surface area contributed by atoms with Crippen LogP contribution in [0.25, 0.3) is 0 Å². The topological polar surface area (TPSA) is 61.7 Å². The second-order valence-electron chi connectivity index (χ2n) is 3.75. The van der Waals surface area contributed by atoms with Crippen LogP contribution in [0, 0.1) is 0 Å². The van der Waals surface area contributed by atoms with Gasteiger partial charge in [-0.15, -0.1) is 0 Å². The Balaban J connectivity index is 1.99. The lowest BCUT2D eigenvalue weighted by molar-refractivity contribution is 0.0704. The second-order valence-corrected chi connectivity index (χ2v) is 3.75. The molecule has 0 aliphatic heterocycles. The van der Waals surface area contributed by atoms with E-state index in [1.807, 2.05) is 0 Å². The van der Waals surface area contributed by atoms with Gasteiger partial charge >= 0.3 is 0 Å². The van der Waals surface area contributed by atoms with Crippen molar-refractivity contribution in [2.24, 2.45) is 0 Å². The van der Waals surface area contributed by atoms with Gasteiger partial charge in [0.2, 0.25) is 0 Å². The molecule has 0 amide bonds. The second kappa shape index (κ2) is 7.17. The van der Waals surface area contributed by atoms with Crippen LogP contribution >= 0.6 is 0 Å². The first-order chi connectivity index (χ1) is 6.84. The molecule has 0 radical (unpaired) electrons. The lowest BCUT2D eigenvalue weighted by Crippen LogP contribution is -2.43. The van der Waals surface area contributed by atoms with Crippen molar-refractivity contribution < 1.29 is 14.9 Å². The fourth-order valence-electron chi connectivity index (χ4n) is 1.83. The predicted molar refractivity (Wildman–Crippen MR) is 54.2 cm³/mol. The molecule has 1 aliphatic rings. The van der Waals surface area contributed by atoms with Crippen LogP contribution in [0.15, 0.2) is 0 Å². The van der Waals surface area contributed by atoms with Crippen molar-refractivity contribution in [3.8, 4) is 0 Å². The Morgan fingerprint density at radius 3 is 2.71 bits per heavy atom. The van der Waals surface area contributed by atoms with E-state index in [2.05, 4.69) is 5.32 Å². The van der Waals surface area contributed by atoms with Crippen molar-refractivity contribution in [1.29, 1.82) is 0 Å². The summed E-state index contributed by atoms with van der Waals surface area (Å²) in [6, 6.07) is 0.237. The van der Waals surface area contributed by atoms with Crippen LogP contribution in [0.3, 0.4) is 0 Å². The minimum atomic E-state index is -0.193. The number of hydrogen-bond acceptors (Lipinski definition) is 4. The smallest absolute Gasteiger partial charge is 0.0698 e. The number of aliphatic hydroxyl groups excluding tert-OH is 2. The Morgan fingerprint density at radius 1 is 1.21 bits per heavy atom. The zero-order chi connectivity index (χ0) is 10.2. The molecule has 4 nitrogen and oxygen atoms in total. The van der Waals surface area contributed by atoms with Crippen molar-refractivity contribution in [3.63, 3.8) is 0 Å². The Kier molecular flexibility index (Phi) is 6.10. The zero-order valence-corrected chi connectivity index (χ0v) is 8.61. The van der Waals surface area contributed by atoms with Gasteiger partial charge in [-0.05, 0) is 12.8 Å². The molecule has 1 saturated carbocycles. The van der Waals surface area contributed by atoms with Crippen molar-refractivity contribution in [2.45, 2.75) is 37.8 Å². The molecular weight excluding hydrogens is 182 g/mol. The summed E-state index contributed by atoms with van der Waals surface area (Å²) in [7, 11) is 0. The first-order valence-corrected chi connectivity index (χ1v) is 5.44. The quantitative estimate of drug-likeness (QED) is 0.527. The normalized spacial score (nSPS) is 27.9. The fourth-order valence-corrected chi connectivity index (χ4v) is 1.83. The van der Waals surface area contributed by atoms with Crippen LogP contribution in [0.1, 0.15) is 25.7 Å². The standard InChI is InChI=1S/C10H21NO3/c12-6-8-14-7-5-11-9-3-1-2-4-10(9)13/h9-13H,1-8H2/t9-,10-/m0/s1. The average Bonchev–Trinajstić information content (AvgIpc) is 2.20. The first-order valence-electron chi connectivity index (χ1n) is 5.44. The molecule has 0 spiro atoms. The molecule has 14 heavy (non-hydrogen) atoms. The minimum Gasteiger partial charge on any atom is -0.394 e. The van der Waals surface area contributed by atoms with Gasteiger partial charge in [-0.3, -0.25) is 0 Å². The Morgan fingerprint density at radius 2 is 2.00 bits per heavy atom. The molecule has 0 bridgehead atoms. The molecule has 0 aromatic heterocycles. The summed E-state index contributed by atoms with van der Waals surface area (Å²) in [5, 5.41) is 21.4. The van der Waals surface area contributed by atoms with Crippen molar-refractivity contribution in [2.75, 3.05) is 26.4 Å². The minimum absolute atomic E-state index is 0.0754. The molecule has 0 heterocycles. The maximum Gasteiger partial charge on any atom is 0.0698 e. The zero-order valence-electron chi connectivity index (χ0n) is 8.61. The van der Waals surface area contributed by atoms with Crippen LogP contribution in [-0.4, -0.2) is 48.7 Å². The molecule has 1 rings (SSSR count). The third kappa shape index (κ3) is 4.37. The van der Waals surface area contributed by atoms with E-state index in [4.69, 9.17) is 9.84 Å². The van der Waals surface area contributed by atoms with Gasteiger partial charge in [-0.25, -0.2) is 0 Å². The summed E-state index contributed by atoms with van der Waals surface area (Å²) >= 11 is 0. The molecule has 0 aromatic carbocycles. The third-order valence-corrected chi connectivity index (χ3v) is 2.62. The fraction of sp³-hybridized carbons (Fsp3) is 1.00. The van der Waals surface area contributed by atoms with Crippen LogP contribution < -0.4 is 5.32 Å². The number of rotatable bonds is 6. The van der Waals surface area contributed by atoms with Gasteiger partial charge in [0, 0.05) is 12.6 Å². The average molecular weight is 203 g/mol. The lowest BCUT2D eigenvalue weighted by Gasteiger charge is -2.28. The van der Waals surface area contributed by atoms with E-state index < -0.39 is 0 Å². The van der Waals surface area contributed by atoms with Gasteiger partial charge in [0.25, 0.3) is 0 Å². The Labute approximate surface area is 85.3 Å². The molecule has 3 N–H and O–H groups in total. The maximum absolute atomic E-state index is 9.63. The van der Waals surface area contributed by atoms with Gasteiger partial charge < -0.3 is 20.3 Å². The van der Waals surface area contributed by atoms with E-state index in [0.29, 0.717) is 13.2 Å². The highest BCUT2D eigenvalue weighted by Crippen LogP contribution is 2.17. The van der Waals surface area contributed by atoms with E-state index in [-0.39, 0.29) is 18.8 Å². The monoisotopic (exact) mass is 203 g/mol. The summed E-state index contributed by atoms with van der Waals surface area (Å²) in [6.07, 6.45) is 4.12. The third-order valence-electron chi connectivity index (χ3n) is 2.62. The molecule has 0 saturated heterocycles. The molecule has 4 heteroatoms. The van der Waals surface area contributed by atoms with Gasteiger partial charge in [0.05, 0.1) is 25.9 Å². The Bertz CT molecular complexity index is 143. The van der Waals surface area contributed by atoms with Crippen LogP contribution in [0.2, 0.25) is 0 Å². The molecule has 1 fully saturated rings. The van der Waals surface area contributed by atoms with Crippen LogP contribution in [0.5, 0.6) is 0 Å². The van der Waals surface area contributed by atoms with E-state index >= 15 is 0 Å². The summed E-state index contributed by atoms with van der Waals surface area (Å²) < 4.78 is 5.11. The highest BCUT2D eigenvalue weighted by atomic mass is 16.5. The van der Waals surface area contributed by atoms with Gasteiger partial charge in [0.1, 0.15) is 0 Å². The van der Waals surface area contributed by atoms with Crippen molar-refractivity contribution >= 4 is 0 Å². The Hall–Kier alpha value is -0.160. The van der Waals surface area contributed by atoms with E-state index in [0.717, 1.165) is 25.8 Å². The number of ether oxygens (including phenoxy) is 1. The first kappa shape index (κ1) is 11.9. The van der Waals surface area contributed by atoms with Crippen LogP contribution in [-0.2, 0) is 4.74 Å². The highest BCUT2D eigenvalue weighted by Gasteiger charge is 2.21. The molecule has 2 atom stereocenters. The predicted octanol–water partition coefficient (Wildman–Crippen LogP) is -0.112. The van der Waals surface area contributed by atoms with E-state index in [9.17, 15) is 5.11 Å². The number of hydrogen-bond donors (Lipinski definition) is 3.